The molecule has 5 rings (SSSR count). The molecule has 0 saturated carbocycles. The molecule has 2 saturated heterocycles. The Kier molecular flexibility index (Phi) is 21.8. The molecular formula is C45H66Cl2N14O7S. The molecule has 4 heterocycles. The van der Waals surface area contributed by atoms with Gasteiger partial charge in [0.15, 0.2) is 0 Å². The van der Waals surface area contributed by atoms with Crippen molar-refractivity contribution in [2.24, 2.45) is 25.7 Å². The number of thioether (sulfide) groups is 1. The number of anilines is 1. The number of carbonyl (C=O) groups is 7. The van der Waals surface area contributed by atoms with Crippen LogP contribution in [-0.4, -0.2) is 167 Å². The molecule has 2 aromatic heterocycles. The van der Waals surface area contributed by atoms with E-state index in [4.69, 9.17) is 28.9 Å². The van der Waals surface area contributed by atoms with Gasteiger partial charge in [0.05, 0.1) is 26.2 Å². The predicted octanol–water partition coefficient (Wildman–Crippen LogP) is 1.11. The van der Waals surface area contributed by atoms with Gasteiger partial charge >= 0.3 is 0 Å². The van der Waals surface area contributed by atoms with Gasteiger partial charge in [-0.2, -0.15) is 11.8 Å². The van der Waals surface area contributed by atoms with E-state index in [2.05, 4.69) is 41.5 Å². The minimum absolute atomic E-state index is 0.0794. The summed E-state index contributed by atoms with van der Waals surface area (Å²) in [5, 5.41) is 25.1. The van der Waals surface area contributed by atoms with E-state index in [0.717, 1.165) is 29.8 Å². The van der Waals surface area contributed by atoms with Crippen LogP contribution in [0.5, 0.6) is 0 Å². The highest BCUT2D eigenvalue weighted by Crippen LogP contribution is 2.40. The molecule has 4 atom stereocenters. The molecule has 1 aromatic carbocycles. The lowest BCUT2D eigenvalue weighted by molar-refractivity contribution is -0.146. The van der Waals surface area contributed by atoms with Gasteiger partial charge < -0.3 is 41.3 Å². The number of carbonyl (C=O) groups excluding carboxylic acids is 7. The van der Waals surface area contributed by atoms with E-state index in [-0.39, 0.29) is 62.8 Å². The molecule has 0 radical (unpaired) electrons. The van der Waals surface area contributed by atoms with Gasteiger partial charge in [0, 0.05) is 112 Å². The number of aromatic nitrogens is 6. The zero-order valence-corrected chi connectivity index (χ0v) is 42.0. The first kappa shape index (κ1) is 54.5. The van der Waals surface area contributed by atoms with Crippen molar-refractivity contribution in [3.8, 4) is 0 Å². The Morgan fingerprint density at radius 1 is 0.841 bits per heavy atom. The first-order chi connectivity index (χ1) is 33.1. The summed E-state index contributed by atoms with van der Waals surface area (Å²) >= 11 is 13.8. The number of halogens is 2. The standard InChI is InChI=1S/C45H66Cl2N14O7S/c1-4-18-59(28-44(67)60(27-39(48)62)25-32-23-56(2)54-52-32)43(66)29-61(26-33-24-57(3)55-53-33)45(68)36(50-41(64)10-6-5-9-38-35-21-42(65)51-37(35)30-69-38)22-49-40(63)11-7-8-31-12-14-34(15-13-31)58(19-16-46)20-17-47/h12-15,23-24,35-38H,4-11,16-22,25-30H2,1-3H3,(H2,48,62)(H,49,63)(H,50,64)(H,51,65)/t35-,36?,37-,38-/m0/s1. The van der Waals surface area contributed by atoms with E-state index in [1.54, 1.807) is 26.5 Å². The first-order valence-electron chi connectivity index (χ1n) is 23.4. The second-order valence-electron chi connectivity index (χ2n) is 17.5. The number of rotatable bonds is 30. The highest BCUT2D eigenvalue weighted by molar-refractivity contribution is 8.00. The molecule has 2 fully saturated rings. The summed E-state index contributed by atoms with van der Waals surface area (Å²) < 4.78 is 2.90. The topological polar surface area (TPSA) is 256 Å². The number of benzene rings is 1. The van der Waals surface area contributed by atoms with E-state index in [1.807, 2.05) is 43.0 Å². The maximum Gasteiger partial charge on any atom is 0.247 e. The van der Waals surface area contributed by atoms with Gasteiger partial charge in [-0.15, -0.1) is 33.4 Å². The van der Waals surface area contributed by atoms with Crippen molar-refractivity contribution in [2.45, 2.75) is 95.1 Å². The highest BCUT2D eigenvalue weighted by Gasteiger charge is 2.42. The van der Waals surface area contributed by atoms with Crippen molar-refractivity contribution in [2.75, 3.05) is 68.2 Å². The minimum atomic E-state index is -1.27. The number of nitrogens with one attached hydrogen (secondary N) is 3. The van der Waals surface area contributed by atoms with Crippen LogP contribution in [0.3, 0.4) is 0 Å². The molecule has 3 aromatic rings. The maximum absolute atomic E-state index is 14.7. The summed E-state index contributed by atoms with van der Waals surface area (Å²) in [4.78, 5) is 99.4. The molecule has 5 N–H and O–H groups in total. The Morgan fingerprint density at radius 2 is 1.46 bits per heavy atom. The summed E-state index contributed by atoms with van der Waals surface area (Å²) in [6.07, 6.45) is 7.70. The fraction of sp³-hybridized carbons (Fsp3) is 0.622. The number of unbranched alkanes of at least 4 members (excludes halogenated alkanes) is 1. The zero-order valence-electron chi connectivity index (χ0n) is 39.7. The Bertz CT molecular complexity index is 2190. The molecule has 21 nitrogen and oxygen atoms in total. The Morgan fingerprint density at radius 3 is 2.07 bits per heavy atom. The fourth-order valence-electron chi connectivity index (χ4n) is 8.50. The number of hydrogen-bond acceptors (Lipinski definition) is 13. The van der Waals surface area contributed by atoms with Gasteiger partial charge in [-0.05, 0) is 49.8 Å². The van der Waals surface area contributed by atoms with Gasteiger partial charge in [-0.3, -0.25) is 42.9 Å². The third kappa shape index (κ3) is 17.5. The van der Waals surface area contributed by atoms with E-state index in [9.17, 15) is 33.6 Å². The number of alkyl halides is 2. The van der Waals surface area contributed by atoms with Crippen LogP contribution in [0.4, 0.5) is 5.69 Å². The zero-order chi connectivity index (χ0) is 49.9. The van der Waals surface area contributed by atoms with E-state index < -0.39 is 55.2 Å². The number of amides is 7. The third-order valence-corrected chi connectivity index (χ3v) is 13.8. The van der Waals surface area contributed by atoms with Crippen LogP contribution in [0.2, 0.25) is 0 Å². The van der Waals surface area contributed by atoms with Gasteiger partial charge in [-0.1, -0.05) is 35.9 Å². The summed E-state index contributed by atoms with van der Waals surface area (Å²) in [6, 6.07) is 6.94. The lowest BCUT2D eigenvalue weighted by atomic mass is 9.94. The lowest BCUT2D eigenvalue weighted by Crippen LogP contribution is -2.55. The van der Waals surface area contributed by atoms with Crippen molar-refractivity contribution in [3.63, 3.8) is 0 Å². The van der Waals surface area contributed by atoms with Crippen LogP contribution in [0, 0.1) is 5.92 Å². The van der Waals surface area contributed by atoms with Gasteiger partial charge in [-0.25, -0.2) is 0 Å². The Labute approximate surface area is 417 Å². The van der Waals surface area contributed by atoms with Crippen molar-refractivity contribution in [1.29, 1.82) is 0 Å². The molecule has 2 aliphatic heterocycles. The first-order valence-corrected chi connectivity index (χ1v) is 25.5. The molecule has 1 unspecified atom stereocenters. The van der Waals surface area contributed by atoms with E-state index in [1.165, 1.54) is 24.1 Å². The largest absolute Gasteiger partial charge is 0.369 e. The second-order valence-corrected chi connectivity index (χ2v) is 19.5. The summed E-state index contributed by atoms with van der Waals surface area (Å²) in [5.41, 5.74) is 8.29. The van der Waals surface area contributed by atoms with Crippen LogP contribution in [0.25, 0.3) is 0 Å². The Hall–Kier alpha value is -5.48. The van der Waals surface area contributed by atoms with Crippen LogP contribution >= 0.6 is 35.0 Å². The van der Waals surface area contributed by atoms with E-state index >= 15 is 0 Å². The highest BCUT2D eigenvalue weighted by atomic mass is 35.5. The fourth-order valence-corrected chi connectivity index (χ4v) is 10.6. The molecule has 7 amide bonds. The van der Waals surface area contributed by atoms with Crippen molar-refractivity contribution < 1.29 is 33.6 Å². The number of nitrogens with zero attached hydrogens (tertiary/aromatic N) is 10. The minimum Gasteiger partial charge on any atom is -0.369 e. The monoisotopic (exact) mass is 1020 g/mol. The van der Waals surface area contributed by atoms with Crippen LogP contribution < -0.4 is 26.6 Å². The smallest absolute Gasteiger partial charge is 0.247 e. The summed E-state index contributed by atoms with van der Waals surface area (Å²) in [7, 11) is 3.31. The molecule has 69 heavy (non-hydrogen) atoms. The SMILES string of the molecule is CCCN(CC(=O)N(CC(N)=O)Cc1cn(C)nn1)C(=O)CN(Cc1cn(C)nn1)C(=O)C(CNC(=O)CCCc1ccc(N(CCCl)CCCl)cc1)NC(=O)CCCC[C@@H]1SC[C@@H]2NC(=O)C[C@@H]21. The molecule has 0 bridgehead atoms. The number of fused-ring (bicyclic) bond motifs is 1. The molecule has 2 aliphatic rings. The third-order valence-electron chi connectivity index (χ3n) is 11.9. The molecule has 378 valence electrons. The summed E-state index contributed by atoms with van der Waals surface area (Å²) in [6.45, 7) is 1.41. The number of primary amides is 1. The second kappa shape index (κ2) is 27.6. The molecule has 24 heteroatoms. The van der Waals surface area contributed by atoms with Gasteiger partial charge in [0.25, 0.3) is 0 Å². The van der Waals surface area contributed by atoms with E-state index in [0.29, 0.717) is 73.6 Å². The van der Waals surface area contributed by atoms with Crippen LogP contribution in [0.15, 0.2) is 36.7 Å². The van der Waals surface area contributed by atoms with Gasteiger partial charge in [0.2, 0.25) is 41.4 Å². The number of hydrogen-bond donors (Lipinski definition) is 4. The quantitative estimate of drug-likeness (QED) is 0.0540. The molecular weight excluding hydrogens is 952 g/mol. The lowest BCUT2D eigenvalue weighted by Gasteiger charge is -2.31. The van der Waals surface area contributed by atoms with Crippen molar-refractivity contribution in [1.82, 2.24) is 60.6 Å². The van der Waals surface area contributed by atoms with Gasteiger partial charge in [0.1, 0.15) is 24.0 Å². The van der Waals surface area contributed by atoms with Crippen LogP contribution in [0.1, 0.15) is 75.2 Å². The average Bonchev–Trinajstić information content (AvgIpc) is 4.11. The summed E-state index contributed by atoms with van der Waals surface area (Å²) in [5.74, 6) is -1.12. The number of aryl methyl sites for hydroxylation is 3. The van der Waals surface area contributed by atoms with Crippen molar-refractivity contribution in [3.05, 3.63) is 53.6 Å². The average molecular weight is 1020 g/mol. The predicted molar refractivity (Wildman–Crippen MR) is 262 cm³/mol. The van der Waals surface area contributed by atoms with Crippen LogP contribution in [-0.2, 0) is 67.2 Å². The normalized spacial score (nSPS) is 16.6. The maximum atomic E-state index is 14.7. The molecule has 0 aliphatic carbocycles. The Balaban J connectivity index is 1.27. The number of nitrogens with two attached hydrogens (primary N) is 1. The van der Waals surface area contributed by atoms with Crippen molar-refractivity contribution >= 4 is 82.0 Å². The molecule has 0 spiro atoms.